The summed E-state index contributed by atoms with van der Waals surface area (Å²) >= 11 is 0. The predicted octanol–water partition coefficient (Wildman–Crippen LogP) is 2.03. The molecule has 0 aromatic rings. The lowest BCUT2D eigenvalue weighted by Crippen LogP contribution is -2.33. The molecule has 0 aromatic carbocycles. The minimum absolute atomic E-state index is 0.106. The fraction of sp³-hybridized carbons (Fsp3) is 0.524. The quantitative estimate of drug-likeness (QED) is 0.419. The second kappa shape index (κ2) is 9.78. The van der Waals surface area contributed by atoms with E-state index in [9.17, 15) is 14.7 Å². The SMILES string of the molecule is C=C1C(=O)O[C@@H]2/C=C(\C)CC/C=C(\C)C[C@@H](OCC(=O)/C(=C/CO)CO)[C@H]12. The minimum Gasteiger partial charge on any atom is -0.454 e. The van der Waals surface area contributed by atoms with Gasteiger partial charge in [0.05, 0.1) is 25.2 Å². The summed E-state index contributed by atoms with van der Waals surface area (Å²) in [5.74, 6) is -1.21. The second-order valence-corrected chi connectivity index (χ2v) is 7.07. The Bertz CT molecular complexity index is 685. The van der Waals surface area contributed by atoms with Gasteiger partial charge in [0.1, 0.15) is 12.7 Å². The Morgan fingerprint density at radius 1 is 1.37 bits per heavy atom. The monoisotopic (exact) mass is 376 g/mol. The van der Waals surface area contributed by atoms with Gasteiger partial charge < -0.3 is 19.7 Å². The third kappa shape index (κ3) is 5.48. The molecule has 0 radical (unpaired) electrons. The number of carbonyl (C=O) groups excluding carboxylic acids is 2. The van der Waals surface area contributed by atoms with Crippen LogP contribution in [0.5, 0.6) is 0 Å². The summed E-state index contributed by atoms with van der Waals surface area (Å²) in [4.78, 5) is 24.3. The molecule has 0 saturated carbocycles. The van der Waals surface area contributed by atoms with Crippen molar-refractivity contribution in [2.45, 2.75) is 45.3 Å². The maximum atomic E-state index is 12.2. The first-order valence-electron chi connectivity index (χ1n) is 9.15. The van der Waals surface area contributed by atoms with Crippen molar-refractivity contribution in [3.8, 4) is 0 Å². The molecule has 0 aromatic heterocycles. The Hall–Kier alpha value is -2.02. The molecule has 0 spiro atoms. The third-order valence-corrected chi connectivity index (χ3v) is 4.96. The van der Waals surface area contributed by atoms with Gasteiger partial charge in [0.15, 0.2) is 5.78 Å². The van der Waals surface area contributed by atoms with Crippen LogP contribution in [0, 0.1) is 5.92 Å². The first-order valence-corrected chi connectivity index (χ1v) is 9.15. The molecule has 0 amide bonds. The van der Waals surface area contributed by atoms with E-state index in [-0.39, 0.29) is 24.7 Å². The number of aliphatic hydroxyl groups excluding tert-OH is 2. The van der Waals surface area contributed by atoms with Crippen LogP contribution in [0.15, 0.2) is 47.1 Å². The first-order chi connectivity index (χ1) is 12.9. The molecule has 0 bridgehead atoms. The van der Waals surface area contributed by atoms with E-state index in [1.54, 1.807) is 0 Å². The van der Waals surface area contributed by atoms with Crippen LogP contribution in [0.3, 0.4) is 0 Å². The number of Topliss-reactive ketones (excluding diaryl/α,β-unsaturated/α-hetero) is 1. The van der Waals surface area contributed by atoms with E-state index in [2.05, 4.69) is 12.7 Å². The lowest BCUT2D eigenvalue weighted by molar-refractivity contribution is -0.138. The van der Waals surface area contributed by atoms with Crippen molar-refractivity contribution in [3.63, 3.8) is 0 Å². The highest BCUT2D eigenvalue weighted by atomic mass is 16.6. The maximum Gasteiger partial charge on any atom is 0.334 e. The third-order valence-electron chi connectivity index (χ3n) is 4.96. The number of aliphatic hydroxyl groups is 2. The number of hydrogen-bond acceptors (Lipinski definition) is 6. The zero-order valence-corrected chi connectivity index (χ0v) is 15.9. The van der Waals surface area contributed by atoms with Crippen molar-refractivity contribution in [2.75, 3.05) is 19.8 Å². The van der Waals surface area contributed by atoms with Gasteiger partial charge in [0, 0.05) is 11.1 Å². The number of allylic oxidation sites excluding steroid dienone is 2. The number of ketones is 1. The zero-order valence-electron chi connectivity index (χ0n) is 15.9. The highest BCUT2D eigenvalue weighted by molar-refractivity contribution is 5.96. The van der Waals surface area contributed by atoms with E-state index in [4.69, 9.17) is 14.6 Å². The van der Waals surface area contributed by atoms with Crippen LogP contribution in [-0.4, -0.2) is 54.0 Å². The molecule has 1 aliphatic heterocycles. The van der Waals surface area contributed by atoms with Crippen LogP contribution in [0.4, 0.5) is 0 Å². The van der Waals surface area contributed by atoms with Gasteiger partial charge in [-0.1, -0.05) is 29.9 Å². The molecule has 2 rings (SSSR count). The molecule has 2 N–H and O–H groups in total. The van der Waals surface area contributed by atoms with Gasteiger partial charge in [0.25, 0.3) is 0 Å². The van der Waals surface area contributed by atoms with Gasteiger partial charge >= 0.3 is 5.97 Å². The molecule has 1 saturated heterocycles. The van der Waals surface area contributed by atoms with Gasteiger partial charge in [-0.25, -0.2) is 4.79 Å². The van der Waals surface area contributed by atoms with Crippen molar-refractivity contribution in [1.29, 1.82) is 0 Å². The smallest absolute Gasteiger partial charge is 0.334 e. The summed E-state index contributed by atoms with van der Waals surface area (Å²) in [6.45, 7) is 6.84. The molecule has 6 heteroatoms. The van der Waals surface area contributed by atoms with Crippen molar-refractivity contribution < 1.29 is 29.3 Å². The number of ether oxygens (including phenoxy) is 2. The van der Waals surface area contributed by atoms with Crippen LogP contribution < -0.4 is 0 Å². The summed E-state index contributed by atoms with van der Waals surface area (Å²) in [5.41, 5.74) is 2.70. The van der Waals surface area contributed by atoms with E-state index in [1.165, 1.54) is 6.08 Å². The van der Waals surface area contributed by atoms with Crippen molar-refractivity contribution in [3.05, 3.63) is 47.1 Å². The maximum absolute atomic E-state index is 12.2. The number of carbonyl (C=O) groups is 2. The predicted molar refractivity (Wildman–Crippen MR) is 101 cm³/mol. The lowest BCUT2D eigenvalue weighted by atomic mass is 9.85. The van der Waals surface area contributed by atoms with Crippen LogP contribution in [0.2, 0.25) is 0 Å². The van der Waals surface area contributed by atoms with E-state index < -0.39 is 30.6 Å². The molecule has 148 valence electrons. The van der Waals surface area contributed by atoms with Crippen molar-refractivity contribution in [2.24, 2.45) is 5.92 Å². The summed E-state index contributed by atoms with van der Waals surface area (Å²) in [6.07, 6.45) is 6.77. The molecule has 1 fully saturated rings. The Morgan fingerprint density at radius 3 is 2.78 bits per heavy atom. The van der Waals surface area contributed by atoms with E-state index in [1.807, 2.05) is 19.9 Å². The Morgan fingerprint density at radius 2 is 2.11 bits per heavy atom. The Labute approximate surface area is 159 Å². The summed E-state index contributed by atoms with van der Waals surface area (Å²) in [6, 6.07) is 0. The van der Waals surface area contributed by atoms with E-state index in [0.29, 0.717) is 12.0 Å². The number of rotatable bonds is 6. The average molecular weight is 376 g/mol. The highest BCUT2D eigenvalue weighted by Crippen LogP contribution is 2.36. The number of fused-ring (bicyclic) bond motifs is 1. The normalized spacial score (nSPS) is 30.7. The summed E-state index contributed by atoms with van der Waals surface area (Å²) < 4.78 is 11.4. The van der Waals surface area contributed by atoms with Crippen molar-refractivity contribution in [1.82, 2.24) is 0 Å². The molecule has 1 heterocycles. The molecule has 2 aliphatic rings. The zero-order chi connectivity index (χ0) is 20.0. The van der Waals surface area contributed by atoms with Gasteiger partial charge in [-0.05, 0) is 39.2 Å². The van der Waals surface area contributed by atoms with E-state index in [0.717, 1.165) is 24.0 Å². The highest BCUT2D eigenvalue weighted by Gasteiger charge is 2.43. The lowest BCUT2D eigenvalue weighted by Gasteiger charge is -2.27. The Kier molecular flexibility index (Phi) is 7.71. The van der Waals surface area contributed by atoms with E-state index >= 15 is 0 Å². The van der Waals surface area contributed by atoms with Crippen LogP contribution in [0.1, 0.15) is 33.1 Å². The topological polar surface area (TPSA) is 93.1 Å². The molecule has 0 unspecified atom stereocenters. The molecule has 6 nitrogen and oxygen atoms in total. The average Bonchev–Trinajstić information content (AvgIpc) is 2.89. The van der Waals surface area contributed by atoms with Gasteiger partial charge in [-0.15, -0.1) is 0 Å². The first kappa shape index (κ1) is 21.3. The molecular weight excluding hydrogens is 348 g/mol. The minimum atomic E-state index is -0.464. The van der Waals surface area contributed by atoms with Crippen molar-refractivity contribution >= 4 is 11.8 Å². The van der Waals surface area contributed by atoms with Crippen LogP contribution >= 0.6 is 0 Å². The number of esters is 1. The molecule has 1 aliphatic carbocycles. The molecule has 3 atom stereocenters. The fourth-order valence-corrected chi connectivity index (χ4v) is 3.43. The fourth-order valence-electron chi connectivity index (χ4n) is 3.43. The second-order valence-electron chi connectivity index (χ2n) is 7.07. The van der Waals surface area contributed by atoms with Gasteiger partial charge in [-0.2, -0.15) is 0 Å². The summed E-state index contributed by atoms with van der Waals surface area (Å²) in [7, 11) is 0. The van der Waals surface area contributed by atoms with Crippen LogP contribution in [-0.2, 0) is 19.1 Å². The van der Waals surface area contributed by atoms with Gasteiger partial charge in [-0.3, -0.25) is 4.79 Å². The summed E-state index contributed by atoms with van der Waals surface area (Å²) in [5, 5.41) is 18.2. The van der Waals surface area contributed by atoms with Crippen LogP contribution in [0.25, 0.3) is 0 Å². The molecule has 27 heavy (non-hydrogen) atoms. The Balaban J connectivity index is 2.25. The number of hydrogen-bond donors (Lipinski definition) is 2. The largest absolute Gasteiger partial charge is 0.454 e. The standard InChI is InChI=1S/C21H28O6/c1-13-5-4-6-14(2)10-19-20(15(3)21(25)27-19)18(9-13)26-12-17(24)16(11-23)7-8-22/h5,7,10,18-20,22-23H,3-4,6,8-9,11-12H2,1-2H3/b13-5+,14-10+,16-7+/t18-,19-,20+/m1/s1. The van der Waals surface area contributed by atoms with Gasteiger partial charge in [0.2, 0.25) is 0 Å². The molecular formula is C21H28O6.